The van der Waals surface area contributed by atoms with Crippen molar-refractivity contribution in [3.05, 3.63) is 29.6 Å². The normalized spacial score (nSPS) is 8.83. The molecule has 0 unspecified atom stereocenters. The predicted octanol–water partition coefficient (Wildman–Crippen LogP) is 2.03. The van der Waals surface area contributed by atoms with E-state index >= 15 is 0 Å². The van der Waals surface area contributed by atoms with Gasteiger partial charge in [-0.15, -0.1) is 12.4 Å². The molecule has 0 saturated heterocycles. The molecular weight excluding hydrogens is 181 g/mol. The molecule has 0 amide bonds. The number of rotatable bonds is 1. The summed E-state index contributed by atoms with van der Waals surface area (Å²) in [6, 6.07) is 3.74. The van der Waals surface area contributed by atoms with E-state index in [0.29, 0.717) is 5.69 Å². The lowest BCUT2D eigenvalue weighted by Crippen LogP contribution is -1.99. The molecule has 1 aromatic carbocycles. The van der Waals surface area contributed by atoms with Gasteiger partial charge in [-0.25, -0.2) is 4.39 Å². The number of ketones is 1. The van der Waals surface area contributed by atoms with Crippen LogP contribution >= 0.6 is 12.4 Å². The highest BCUT2D eigenvalue weighted by Crippen LogP contribution is 2.13. The summed E-state index contributed by atoms with van der Waals surface area (Å²) in [4.78, 5) is 10.8. The number of halogens is 2. The molecule has 0 bridgehead atoms. The van der Waals surface area contributed by atoms with Crippen LogP contribution in [-0.4, -0.2) is 5.78 Å². The van der Waals surface area contributed by atoms with Crippen LogP contribution in [0.5, 0.6) is 0 Å². The fourth-order valence-electron chi connectivity index (χ4n) is 0.833. The van der Waals surface area contributed by atoms with Gasteiger partial charge in [0.25, 0.3) is 0 Å². The van der Waals surface area contributed by atoms with Crippen molar-refractivity contribution in [2.45, 2.75) is 6.92 Å². The van der Waals surface area contributed by atoms with Gasteiger partial charge in [0, 0.05) is 11.3 Å². The Bertz CT molecular complexity index is 301. The average molecular weight is 190 g/mol. The number of hydrogen-bond acceptors (Lipinski definition) is 2. The molecule has 0 aliphatic rings. The van der Waals surface area contributed by atoms with Crippen molar-refractivity contribution in [2.24, 2.45) is 0 Å². The standard InChI is InChI=1S/C8H8FNO.ClH/c1-5(11)7-4-6(9)2-3-8(7)10;/h2-4H,10H2,1H3;1H. The number of Topliss-reactive ketones (excluding diaryl/α,β-unsaturated/α-hetero) is 1. The van der Waals surface area contributed by atoms with E-state index < -0.39 is 5.82 Å². The second-order valence-corrected chi connectivity index (χ2v) is 2.29. The average Bonchev–Trinajstić information content (AvgIpc) is 1.94. The zero-order valence-electron chi connectivity index (χ0n) is 6.50. The van der Waals surface area contributed by atoms with Crippen LogP contribution in [0.3, 0.4) is 0 Å². The highest BCUT2D eigenvalue weighted by molar-refractivity contribution is 5.98. The molecule has 0 aromatic heterocycles. The second-order valence-electron chi connectivity index (χ2n) is 2.29. The van der Waals surface area contributed by atoms with E-state index in [1.54, 1.807) is 0 Å². The Labute approximate surface area is 76.0 Å². The number of nitrogens with two attached hydrogens (primary N) is 1. The van der Waals surface area contributed by atoms with E-state index in [0.717, 1.165) is 6.07 Å². The maximum Gasteiger partial charge on any atom is 0.161 e. The van der Waals surface area contributed by atoms with E-state index in [9.17, 15) is 9.18 Å². The van der Waals surface area contributed by atoms with Gasteiger partial charge in [-0.2, -0.15) is 0 Å². The maximum absolute atomic E-state index is 12.5. The molecule has 1 aromatic rings. The smallest absolute Gasteiger partial charge is 0.161 e. The van der Waals surface area contributed by atoms with Gasteiger partial charge >= 0.3 is 0 Å². The topological polar surface area (TPSA) is 43.1 Å². The number of nitrogen functional groups attached to an aromatic ring is 1. The molecule has 0 atom stereocenters. The van der Waals surface area contributed by atoms with Crippen molar-refractivity contribution in [3.8, 4) is 0 Å². The minimum Gasteiger partial charge on any atom is -0.398 e. The van der Waals surface area contributed by atoms with Gasteiger partial charge in [0.2, 0.25) is 0 Å². The van der Waals surface area contributed by atoms with Gasteiger partial charge in [0.1, 0.15) is 5.82 Å². The van der Waals surface area contributed by atoms with Crippen molar-refractivity contribution in [1.29, 1.82) is 0 Å². The molecule has 2 N–H and O–H groups in total. The number of carbonyl (C=O) groups excluding carboxylic acids is 1. The van der Waals surface area contributed by atoms with Gasteiger partial charge in [0.15, 0.2) is 5.78 Å². The predicted molar refractivity (Wildman–Crippen MR) is 48.1 cm³/mol. The summed E-state index contributed by atoms with van der Waals surface area (Å²) in [5.41, 5.74) is 5.96. The summed E-state index contributed by atoms with van der Waals surface area (Å²) in [7, 11) is 0. The van der Waals surface area contributed by atoms with Gasteiger partial charge in [-0.05, 0) is 25.1 Å². The zero-order valence-corrected chi connectivity index (χ0v) is 7.32. The fraction of sp³-hybridized carbons (Fsp3) is 0.125. The number of hydrogen-bond donors (Lipinski definition) is 1. The molecule has 0 aliphatic heterocycles. The Kier molecular flexibility index (Phi) is 3.70. The first-order valence-corrected chi connectivity index (χ1v) is 3.17. The molecule has 0 heterocycles. The van der Waals surface area contributed by atoms with Gasteiger partial charge in [0.05, 0.1) is 0 Å². The lowest BCUT2D eigenvalue weighted by atomic mass is 10.1. The summed E-state index contributed by atoms with van der Waals surface area (Å²) >= 11 is 0. The lowest BCUT2D eigenvalue weighted by Gasteiger charge is -1.99. The van der Waals surface area contributed by atoms with Crippen molar-refractivity contribution >= 4 is 23.9 Å². The second kappa shape index (κ2) is 4.07. The Morgan fingerprint density at radius 2 is 2.08 bits per heavy atom. The van der Waals surface area contributed by atoms with Crippen LogP contribution in [0.1, 0.15) is 17.3 Å². The van der Waals surface area contributed by atoms with Crippen molar-refractivity contribution in [3.63, 3.8) is 0 Å². The fourth-order valence-corrected chi connectivity index (χ4v) is 0.833. The first kappa shape index (κ1) is 10.9. The van der Waals surface area contributed by atoms with Gasteiger partial charge < -0.3 is 5.73 Å². The molecule has 66 valence electrons. The van der Waals surface area contributed by atoms with E-state index in [4.69, 9.17) is 5.73 Å². The van der Waals surface area contributed by atoms with E-state index in [-0.39, 0.29) is 23.8 Å². The van der Waals surface area contributed by atoms with Crippen LogP contribution in [0.15, 0.2) is 18.2 Å². The molecular formula is C8H9ClFNO. The molecule has 0 spiro atoms. The first-order valence-electron chi connectivity index (χ1n) is 3.17. The number of carbonyl (C=O) groups is 1. The Morgan fingerprint density at radius 3 is 2.50 bits per heavy atom. The summed E-state index contributed by atoms with van der Waals surface area (Å²) in [5, 5.41) is 0. The van der Waals surface area contributed by atoms with Crippen LogP contribution < -0.4 is 5.73 Å². The van der Waals surface area contributed by atoms with E-state index in [1.165, 1.54) is 19.1 Å². The molecule has 12 heavy (non-hydrogen) atoms. The lowest BCUT2D eigenvalue weighted by molar-refractivity contribution is 0.101. The zero-order chi connectivity index (χ0) is 8.43. The quantitative estimate of drug-likeness (QED) is 0.543. The van der Waals surface area contributed by atoms with Crippen LogP contribution in [0.25, 0.3) is 0 Å². The minimum absolute atomic E-state index is 0. The van der Waals surface area contributed by atoms with Crippen LogP contribution in [0.2, 0.25) is 0 Å². The molecule has 4 heteroatoms. The Balaban J connectivity index is 0.00000121. The van der Waals surface area contributed by atoms with Crippen molar-refractivity contribution in [1.82, 2.24) is 0 Å². The summed E-state index contributed by atoms with van der Waals surface area (Å²) in [6.07, 6.45) is 0. The molecule has 1 rings (SSSR count). The number of benzene rings is 1. The van der Waals surface area contributed by atoms with Gasteiger partial charge in [-0.3, -0.25) is 4.79 Å². The third-order valence-electron chi connectivity index (χ3n) is 1.39. The SMILES string of the molecule is CC(=O)c1cc(F)ccc1N.Cl. The third kappa shape index (κ3) is 2.20. The van der Waals surface area contributed by atoms with E-state index in [1.807, 2.05) is 0 Å². The summed E-state index contributed by atoms with van der Waals surface area (Å²) in [6.45, 7) is 1.35. The van der Waals surface area contributed by atoms with Crippen molar-refractivity contribution < 1.29 is 9.18 Å². The van der Waals surface area contributed by atoms with Gasteiger partial charge in [-0.1, -0.05) is 0 Å². The minimum atomic E-state index is -0.440. The maximum atomic E-state index is 12.5. The van der Waals surface area contributed by atoms with Crippen LogP contribution in [0.4, 0.5) is 10.1 Å². The molecule has 2 nitrogen and oxygen atoms in total. The summed E-state index contributed by atoms with van der Waals surface area (Å²) in [5.74, 6) is -0.661. The Hall–Kier alpha value is -1.09. The molecule has 0 radical (unpaired) electrons. The first-order chi connectivity index (χ1) is 5.11. The van der Waals surface area contributed by atoms with E-state index in [2.05, 4.69) is 0 Å². The third-order valence-corrected chi connectivity index (χ3v) is 1.39. The van der Waals surface area contributed by atoms with Crippen LogP contribution in [0, 0.1) is 5.82 Å². The van der Waals surface area contributed by atoms with Crippen molar-refractivity contribution in [2.75, 3.05) is 5.73 Å². The molecule has 0 aliphatic carbocycles. The monoisotopic (exact) mass is 189 g/mol. The molecule has 0 saturated carbocycles. The highest BCUT2D eigenvalue weighted by atomic mass is 35.5. The van der Waals surface area contributed by atoms with Crippen LogP contribution in [-0.2, 0) is 0 Å². The highest BCUT2D eigenvalue weighted by Gasteiger charge is 2.04. The summed E-state index contributed by atoms with van der Waals surface area (Å²) < 4.78 is 12.5. The number of anilines is 1. The largest absolute Gasteiger partial charge is 0.398 e. The Morgan fingerprint density at radius 1 is 1.50 bits per heavy atom. The molecule has 0 fully saturated rings.